The van der Waals surface area contributed by atoms with Crippen molar-refractivity contribution in [2.75, 3.05) is 32.9 Å². The van der Waals surface area contributed by atoms with Gasteiger partial charge in [-0.1, -0.05) is 17.7 Å². The van der Waals surface area contributed by atoms with Gasteiger partial charge >= 0.3 is 0 Å². The highest BCUT2D eigenvalue weighted by molar-refractivity contribution is 8.00. The minimum absolute atomic E-state index is 0.177. The highest BCUT2D eigenvalue weighted by Gasteiger charge is 2.09. The molecule has 4 heteroatoms. The maximum absolute atomic E-state index is 11.9. The number of amides is 1. The number of rotatable bonds is 6. The number of hydrogen-bond acceptors (Lipinski definition) is 3. The highest BCUT2D eigenvalue weighted by Crippen LogP contribution is 2.23. The number of thioether (sulfide) groups is 1. The van der Waals surface area contributed by atoms with Gasteiger partial charge in [-0.3, -0.25) is 4.79 Å². The molecular formula is C14H22N2OS. The summed E-state index contributed by atoms with van der Waals surface area (Å²) in [5.41, 5.74) is 2.47. The van der Waals surface area contributed by atoms with Gasteiger partial charge in [0.2, 0.25) is 5.91 Å². The number of hydrogen-bond donors (Lipinski definition) is 1. The van der Waals surface area contributed by atoms with Gasteiger partial charge in [-0.05, 0) is 32.5 Å². The largest absolute Gasteiger partial charge is 0.344 e. The molecule has 1 N–H and O–H groups in total. The summed E-state index contributed by atoms with van der Waals surface area (Å²) in [4.78, 5) is 14.9. The zero-order valence-corrected chi connectivity index (χ0v) is 12.4. The lowest BCUT2D eigenvalue weighted by Crippen LogP contribution is -2.33. The Balaban J connectivity index is 2.49. The van der Waals surface area contributed by atoms with Crippen LogP contribution >= 0.6 is 11.8 Å². The Labute approximate surface area is 114 Å². The first-order valence-electron chi connectivity index (χ1n) is 6.13. The van der Waals surface area contributed by atoms with Crippen LogP contribution in [0.1, 0.15) is 11.1 Å². The van der Waals surface area contributed by atoms with Gasteiger partial charge in [0, 0.05) is 25.0 Å². The van der Waals surface area contributed by atoms with Crippen molar-refractivity contribution in [2.45, 2.75) is 18.7 Å². The molecule has 18 heavy (non-hydrogen) atoms. The van der Waals surface area contributed by atoms with Crippen LogP contribution in [0.15, 0.2) is 23.1 Å². The topological polar surface area (TPSA) is 32.3 Å². The van der Waals surface area contributed by atoms with Crippen LogP contribution < -0.4 is 5.32 Å². The Morgan fingerprint density at radius 1 is 1.39 bits per heavy atom. The van der Waals surface area contributed by atoms with Crippen molar-refractivity contribution in [1.29, 1.82) is 0 Å². The smallest absolute Gasteiger partial charge is 0.232 e. The Kier molecular flexibility index (Phi) is 6.22. The third-order valence-electron chi connectivity index (χ3n) is 2.82. The van der Waals surface area contributed by atoms with E-state index in [-0.39, 0.29) is 5.91 Å². The van der Waals surface area contributed by atoms with Crippen LogP contribution in [0.4, 0.5) is 0 Å². The summed E-state index contributed by atoms with van der Waals surface area (Å²) in [5.74, 6) is 0.681. The molecule has 0 aromatic heterocycles. The zero-order chi connectivity index (χ0) is 13.5. The van der Waals surface area contributed by atoms with Crippen LogP contribution in [0, 0.1) is 13.8 Å². The van der Waals surface area contributed by atoms with Gasteiger partial charge in [0.25, 0.3) is 0 Å². The van der Waals surface area contributed by atoms with E-state index in [4.69, 9.17) is 0 Å². The predicted octanol–water partition coefficient (Wildman–Crippen LogP) is 2.07. The standard InChI is InChI=1S/C14H22N2OS/c1-11-5-6-12(2)13(9-11)18-10-14(17)16(4)8-7-15-3/h5-6,9,15H,7-8,10H2,1-4H3. The fraction of sp³-hybridized carbons (Fsp3) is 0.500. The molecule has 1 aromatic carbocycles. The van der Waals surface area contributed by atoms with Crippen molar-refractivity contribution < 1.29 is 4.79 Å². The number of aryl methyl sites for hydroxylation is 2. The molecule has 0 fully saturated rings. The SMILES string of the molecule is CNCCN(C)C(=O)CSc1cc(C)ccc1C. The van der Waals surface area contributed by atoms with E-state index in [1.54, 1.807) is 16.7 Å². The Morgan fingerprint density at radius 2 is 2.11 bits per heavy atom. The molecule has 0 aliphatic heterocycles. The van der Waals surface area contributed by atoms with E-state index in [0.717, 1.165) is 13.1 Å². The molecule has 1 aromatic rings. The number of likely N-dealkylation sites (N-methyl/N-ethyl adjacent to an activating group) is 2. The Bertz CT molecular complexity index is 407. The maximum Gasteiger partial charge on any atom is 0.232 e. The lowest BCUT2D eigenvalue weighted by atomic mass is 10.2. The van der Waals surface area contributed by atoms with Gasteiger partial charge in [-0.15, -0.1) is 11.8 Å². The van der Waals surface area contributed by atoms with Crippen LogP contribution in [0.3, 0.4) is 0 Å². The van der Waals surface area contributed by atoms with Gasteiger partial charge in [0.05, 0.1) is 5.75 Å². The van der Waals surface area contributed by atoms with Crippen LogP contribution in [-0.4, -0.2) is 43.7 Å². The number of carbonyl (C=O) groups is 1. The van der Waals surface area contributed by atoms with Gasteiger partial charge < -0.3 is 10.2 Å². The third-order valence-corrected chi connectivity index (χ3v) is 3.96. The minimum Gasteiger partial charge on any atom is -0.344 e. The summed E-state index contributed by atoms with van der Waals surface area (Å²) >= 11 is 1.62. The molecule has 0 bridgehead atoms. The molecular weight excluding hydrogens is 244 g/mol. The molecule has 100 valence electrons. The monoisotopic (exact) mass is 266 g/mol. The van der Waals surface area contributed by atoms with E-state index in [1.807, 2.05) is 14.1 Å². The summed E-state index contributed by atoms with van der Waals surface area (Å²) in [5, 5.41) is 3.04. The first-order chi connectivity index (χ1) is 8.54. The highest BCUT2D eigenvalue weighted by atomic mass is 32.2. The number of carbonyl (C=O) groups excluding carboxylic acids is 1. The third kappa shape index (κ3) is 4.70. The van der Waals surface area contributed by atoms with Crippen molar-refractivity contribution in [1.82, 2.24) is 10.2 Å². The fourth-order valence-corrected chi connectivity index (χ4v) is 2.58. The predicted molar refractivity (Wildman–Crippen MR) is 78.2 cm³/mol. The van der Waals surface area contributed by atoms with Crippen molar-refractivity contribution in [3.63, 3.8) is 0 Å². The average molecular weight is 266 g/mol. The molecule has 0 unspecified atom stereocenters. The molecule has 1 rings (SSSR count). The van der Waals surface area contributed by atoms with Crippen molar-refractivity contribution in [3.05, 3.63) is 29.3 Å². The molecule has 0 aliphatic rings. The van der Waals surface area contributed by atoms with Crippen molar-refractivity contribution in [3.8, 4) is 0 Å². The van der Waals surface area contributed by atoms with E-state index >= 15 is 0 Å². The number of nitrogens with one attached hydrogen (secondary N) is 1. The molecule has 0 aliphatic carbocycles. The summed E-state index contributed by atoms with van der Waals surface area (Å²) in [7, 11) is 3.74. The van der Waals surface area contributed by atoms with E-state index in [9.17, 15) is 4.79 Å². The van der Waals surface area contributed by atoms with Crippen LogP contribution in [0.5, 0.6) is 0 Å². The molecule has 0 heterocycles. The summed E-state index contributed by atoms with van der Waals surface area (Å²) < 4.78 is 0. The summed E-state index contributed by atoms with van der Waals surface area (Å²) in [6, 6.07) is 6.34. The van der Waals surface area contributed by atoms with Gasteiger partial charge in [0.15, 0.2) is 0 Å². The van der Waals surface area contributed by atoms with Crippen LogP contribution in [-0.2, 0) is 4.79 Å². The molecule has 0 spiro atoms. The normalized spacial score (nSPS) is 10.4. The van der Waals surface area contributed by atoms with Crippen LogP contribution in [0.2, 0.25) is 0 Å². The lowest BCUT2D eigenvalue weighted by Gasteiger charge is -2.17. The van der Waals surface area contributed by atoms with E-state index in [0.29, 0.717) is 5.75 Å². The molecule has 0 atom stereocenters. The number of benzene rings is 1. The van der Waals surface area contributed by atoms with Gasteiger partial charge in [0.1, 0.15) is 0 Å². The molecule has 0 radical (unpaired) electrons. The average Bonchev–Trinajstić information content (AvgIpc) is 2.36. The van der Waals surface area contributed by atoms with Crippen LogP contribution in [0.25, 0.3) is 0 Å². The zero-order valence-electron chi connectivity index (χ0n) is 11.6. The van der Waals surface area contributed by atoms with E-state index in [1.165, 1.54) is 16.0 Å². The van der Waals surface area contributed by atoms with Gasteiger partial charge in [-0.25, -0.2) is 0 Å². The summed E-state index contributed by atoms with van der Waals surface area (Å²) in [6.07, 6.45) is 0. The quantitative estimate of drug-likeness (QED) is 0.800. The maximum atomic E-state index is 11.9. The van der Waals surface area contributed by atoms with E-state index < -0.39 is 0 Å². The molecule has 0 saturated carbocycles. The second-order valence-electron chi connectivity index (χ2n) is 4.48. The molecule has 0 saturated heterocycles. The van der Waals surface area contributed by atoms with Gasteiger partial charge in [-0.2, -0.15) is 0 Å². The second kappa shape index (κ2) is 7.44. The second-order valence-corrected chi connectivity index (χ2v) is 5.49. The molecule has 1 amide bonds. The lowest BCUT2D eigenvalue weighted by molar-refractivity contribution is -0.127. The Morgan fingerprint density at radius 3 is 2.78 bits per heavy atom. The first kappa shape index (κ1) is 15.1. The minimum atomic E-state index is 0.177. The Hall–Kier alpha value is -1.00. The fourth-order valence-electron chi connectivity index (χ4n) is 1.52. The van der Waals surface area contributed by atoms with Crippen molar-refractivity contribution >= 4 is 17.7 Å². The first-order valence-corrected chi connectivity index (χ1v) is 7.11. The van der Waals surface area contributed by atoms with E-state index in [2.05, 4.69) is 37.4 Å². The van der Waals surface area contributed by atoms with Crippen molar-refractivity contribution in [2.24, 2.45) is 0 Å². The number of nitrogens with zero attached hydrogens (tertiary/aromatic N) is 1. The molecule has 3 nitrogen and oxygen atoms in total. The summed E-state index contributed by atoms with van der Waals surface area (Å²) in [6.45, 7) is 5.74.